The highest BCUT2D eigenvalue weighted by Crippen LogP contribution is 2.57. The highest BCUT2D eigenvalue weighted by atomic mass is 31.2. The fourth-order valence-corrected chi connectivity index (χ4v) is 6.83. The molecule has 1 fully saturated rings. The number of fused-ring (bicyclic) bond motifs is 1. The third kappa shape index (κ3) is 6.05. The molecular weight excluding hydrogens is 635 g/mol. The Labute approximate surface area is 266 Å². The number of aromatic nitrogens is 4. The van der Waals surface area contributed by atoms with Gasteiger partial charge in [0.05, 0.1) is 28.5 Å². The van der Waals surface area contributed by atoms with Crippen molar-refractivity contribution in [2.75, 3.05) is 0 Å². The van der Waals surface area contributed by atoms with Gasteiger partial charge in [-0.3, -0.25) is 19.8 Å². The number of phosphoric acid groups is 1. The van der Waals surface area contributed by atoms with E-state index >= 15 is 0 Å². The predicted octanol–water partition coefficient (Wildman–Crippen LogP) is 4.50. The number of tetrazole rings is 1. The number of carbonyl (C=O) groups is 3. The number of carbonyl (C=O) groups excluding carboxylic acids is 3. The Morgan fingerprint density at radius 1 is 0.915 bits per heavy atom. The number of rotatable bonds is 11. The molecule has 0 saturated carbocycles. The molecule has 1 amide bonds. The molecule has 0 radical (unpaired) electrons. The number of non-ortho nitro benzene ring substituents is 1. The van der Waals surface area contributed by atoms with Gasteiger partial charge in [-0.05, 0) is 53.7 Å². The van der Waals surface area contributed by atoms with Gasteiger partial charge in [-0.2, -0.15) is 4.57 Å². The van der Waals surface area contributed by atoms with Crippen LogP contribution >= 0.6 is 7.82 Å². The van der Waals surface area contributed by atoms with Gasteiger partial charge < -0.3 is 18.3 Å². The van der Waals surface area contributed by atoms with Gasteiger partial charge in [0, 0.05) is 18.1 Å². The van der Waals surface area contributed by atoms with Crippen molar-refractivity contribution in [1.29, 1.82) is 0 Å². The molecule has 17 heteroatoms. The molecule has 0 bridgehead atoms. The highest BCUT2D eigenvalue weighted by molar-refractivity contribution is 7.49. The molecule has 0 spiro atoms. The number of β-lactam (4-membered cyclic amide) rings is 1. The summed E-state index contributed by atoms with van der Waals surface area (Å²) in [6.45, 7) is 3.37. The van der Waals surface area contributed by atoms with Crippen molar-refractivity contribution >= 4 is 31.4 Å². The van der Waals surface area contributed by atoms with Crippen molar-refractivity contribution < 1.29 is 42.2 Å². The van der Waals surface area contributed by atoms with Crippen LogP contribution in [-0.4, -0.2) is 53.9 Å². The Hall–Kier alpha value is -5.89. The van der Waals surface area contributed by atoms with Crippen molar-refractivity contribution in [2.45, 2.75) is 25.9 Å². The third-order valence-corrected chi connectivity index (χ3v) is 9.00. The fourth-order valence-electron chi connectivity index (χ4n) is 5.46. The molecular formula is C30H25N6O10P. The molecule has 0 unspecified atom stereocenters. The van der Waals surface area contributed by atoms with Crippen molar-refractivity contribution in [3.8, 4) is 11.5 Å². The van der Waals surface area contributed by atoms with Crippen LogP contribution in [0.2, 0.25) is 0 Å². The Kier molecular flexibility index (Phi) is 8.26. The van der Waals surface area contributed by atoms with E-state index in [-0.39, 0.29) is 28.5 Å². The maximum atomic E-state index is 14.4. The zero-order chi connectivity index (χ0) is 33.3. The predicted molar refractivity (Wildman–Crippen MR) is 159 cm³/mol. The number of phosphoric ester groups is 1. The van der Waals surface area contributed by atoms with Crippen LogP contribution in [-0.2, 0) is 23.4 Å². The van der Waals surface area contributed by atoms with Gasteiger partial charge in [-0.25, -0.2) is 14.3 Å². The summed E-state index contributed by atoms with van der Waals surface area (Å²) >= 11 is 0. The lowest BCUT2D eigenvalue weighted by molar-refractivity contribution is -0.384. The fraction of sp³-hybridized carbons (Fsp3) is 0.200. The van der Waals surface area contributed by atoms with Gasteiger partial charge >= 0.3 is 19.8 Å². The minimum Gasteiger partial charge on any atom is -0.388 e. The molecule has 3 aromatic carbocycles. The number of nitro groups is 1. The number of amides is 1. The van der Waals surface area contributed by atoms with Crippen LogP contribution in [0.15, 0.2) is 103 Å². The monoisotopic (exact) mass is 660 g/mol. The van der Waals surface area contributed by atoms with Gasteiger partial charge in [-0.1, -0.05) is 43.3 Å². The molecule has 1 aromatic heterocycles. The number of esters is 2. The minimum absolute atomic E-state index is 0.125. The smallest absolute Gasteiger partial charge is 0.388 e. The Bertz CT molecular complexity index is 1860. The molecule has 2 aliphatic rings. The van der Waals surface area contributed by atoms with E-state index in [1.54, 1.807) is 50.2 Å². The van der Waals surface area contributed by atoms with Crippen molar-refractivity contribution in [3.05, 3.63) is 118 Å². The van der Waals surface area contributed by atoms with E-state index in [0.717, 1.165) is 29.2 Å². The lowest BCUT2D eigenvalue weighted by atomic mass is 9.78. The van der Waals surface area contributed by atoms with E-state index in [2.05, 4.69) is 15.5 Å². The average molecular weight is 661 g/mol. The molecule has 47 heavy (non-hydrogen) atoms. The Morgan fingerprint density at radius 3 is 2.04 bits per heavy atom. The SMILES string of the molecule is C[C@H]([C@H]1C(=O)N2C(C(=O)OC(=O)c3ccc([N+](=O)[O-])cc3)=C(OP(=O)(Oc3ccccc3)Oc3ccccc3)[C@H](C)[C@H]12)n1cnnn1. The number of benzene rings is 3. The van der Waals surface area contributed by atoms with E-state index in [0.29, 0.717) is 0 Å². The van der Waals surface area contributed by atoms with Crippen molar-refractivity contribution in [2.24, 2.45) is 11.8 Å². The van der Waals surface area contributed by atoms with Crippen molar-refractivity contribution in [1.82, 2.24) is 25.1 Å². The van der Waals surface area contributed by atoms with Crippen LogP contribution in [0, 0.1) is 22.0 Å². The quantitative estimate of drug-likeness (QED) is 0.0545. The van der Waals surface area contributed by atoms with Crippen LogP contribution in [0.4, 0.5) is 5.69 Å². The summed E-state index contributed by atoms with van der Waals surface area (Å²) in [4.78, 5) is 51.8. The van der Waals surface area contributed by atoms with E-state index in [9.17, 15) is 29.1 Å². The summed E-state index contributed by atoms with van der Waals surface area (Å²) in [7, 11) is -4.66. The van der Waals surface area contributed by atoms with Crippen LogP contribution < -0.4 is 9.05 Å². The van der Waals surface area contributed by atoms with E-state index in [4.69, 9.17) is 18.3 Å². The zero-order valence-electron chi connectivity index (χ0n) is 24.7. The first-order valence-electron chi connectivity index (χ1n) is 14.2. The van der Waals surface area contributed by atoms with Crippen molar-refractivity contribution in [3.63, 3.8) is 0 Å². The molecule has 0 aliphatic carbocycles. The second-order valence-electron chi connectivity index (χ2n) is 10.6. The van der Waals surface area contributed by atoms with E-state index in [1.165, 1.54) is 35.3 Å². The Balaban J connectivity index is 1.37. The molecule has 16 nitrogen and oxygen atoms in total. The number of para-hydroxylation sites is 2. The summed E-state index contributed by atoms with van der Waals surface area (Å²) in [6.07, 6.45) is 1.35. The van der Waals surface area contributed by atoms with Crippen LogP contribution in [0.5, 0.6) is 11.5 Å². The first kappa shape index (κ1) is 31.1. The zero-order valence-corrected chi connectivity index (χ0v) is 25.6. The Morgan fingerprint density at radius 2 is 1.51 bits per heavy atom. The molecule has 3 heterocycles. The van der Waals surface area contributed by atoms with Gasteiger partial charge in [0.2, 0.25) is 5.91 Å². The molecule has 4 atom stereocenters. The topological polar surface area (TPSA) is 195 Å². The minimum atomic E-state index is -4.66. The van der Waals surface area contributed by atoms with Gasteiger partial charge in [0.1, 0.15) is 23.6 Å². The molecule has 0 N–H and O–H groups in total. The average Bonchev–Trinajstić information content (AvgIpc) is 3.68. The highest BCUT2D eigenvalue weighted by Gasteiger charge is 2.63. The summed E-state index contributed by atoms with van der Waals surface area (Å²) in [6, 6.07) is 19.2. The largest absolute Gasteiger partial charge is 0.646 e. The normalized spacial score (nSPS) is 19.3. The maximum Gasteiger partial charge on any atom is 0.646 e. The second kappa shape index (κ2) is 12.5. The lowest BCUT2D eigenvalue weighted by Crippen LogP contribution is -2.62. The summed E-state index contributed by atoms with van der Waals surface area (Å²) in [5, 5.41) is 22.2. The van der Waals surface area contributed by atoms with Gasteiger partial charge in [0.25, 0.3) is 5.69 Å². The molecule has 6 rings (SSSR count). The molecule has 2 aliphatic heterocycles. The summed E-state index contributed by atoms with van der Waals surface area (Å²) in [5.74, 6) is -4.53. The number of nitro benzene ring substituents is 1. The first-order valence-corrected chi connectivity index (χ1v) is 15.6. The number of nitrogens with zero attached hydrogens (tertiary/aromatic N) is 6. The lowest BCUT2D eigenvalue weighted by Gasteiger charge is -2.47. The third-order valence-electron chi connectivity index (χ3n) is 7.71. The van der Waals surface area contributed by atoms with Crippen LogP contribution in [0.1, 0.15) is 30.2 Å². The standard InChI is InChI=1S/C30H25N6O10P/c1-18-25-24(19(2)34-17-31-32-33-34)28(37)35(25)26(30(39)43-29(38)20-13-15-21(16-14-20)36(40)41)27(18)46-47(42,44-22-9-5-3-6-10-22)45-23-11-7-4-8-12-23/h3-19,24-25H,1-2H3/t18-,19-,24-,25-/m1/s1. The van der Waals surface area contributed by atoms with E-state index < -0.39 is 60.2 Å². The van der Waals surface area contributed by atoms with Crippen LogP contribution in [0.3, 0.4) is 0 Å². The second-order valence-corrected chi connectivity index (χ2v) is 12.0. The number of ether oxygens (including phenoxy) is 1. The van der Waals surface area contributed by atoms with Gasteiger partial charge in [0.15, 0.2) is 5.70 Å². The molecule has 4 aromatic rings. The summed E-state index contributed by atoms with van der Waals surface area (Å²) in [5.41, 5.74) is -0.920. The van der Waals surface area contributed by atoms with E-state index in [1.807, 2.05) is 0 Å². The molecule has 1 saturated heterocycles. The number of hydrogen-bond donors (Lipinski definition) is 0. The maximum absolute atomic E-state index is 14.4. The van der Waals surface area contributed by atoms with Gasteiger partial charge in [-0.15, -0.1) is 5.10 Å². The molecule has 240 valence electrons. The number of hydrogen-bond acceptors (Lipinski definition) is 13. The summed E-state index contributed by atoms with van der Waals surface area (Å²) < 4.78 is 38.4. The first-order chi connectivity index (χ1) is 22.6. The van der Waals surface area contributed by atoms with Crippen LogP contribution in [0.25, 0.3) is 0 Å².